The number of hydrogen-bond acceptors (Lipinski definition) is 5. The molecule has 7 heteroatoms. The predicted octanol–water partition coefficient (Wildman–Crippen LogP) is 4.80. The van der Waals surface area contributed by atoms with Gasteiger partial charge in [0.1, 0.15) is 5.75 Å². The van der Waals surface area contributed by atoms with Gasteiger partial charge in [-0.2, -0.15) is 12.8 Å². The van der Waals surface area contributed by atoms with Crippen LogP contribution in [0.1, 0.15) is 64.0 Å². The van der Waals surface area contributed by atoms with Crippen molar-refractivity contribution in [3.8, 4) is 5.75 Å². The molecule has 0 unspecified atom stereocenters. The molecule has 1 atom stereocenters. The first-order chi connectivity index (χ1) is 16.6. The monoisotopic (exact) mass is 552 g/mol. The Balaban J connectivity index is 0.000000662. The molecule has 0 aromatic heterocycles. The third-order valence-corrected chi connectivity index (χ3v) is 7.51. The van der Waals surface area contributed by atoms with E-state index in [1.807, 2.05) is 26.0 Å². The smallest absolute Gasteiger partial charge is 0.497 e. The van der Waals surface area contributed by atoms with Crippen LogP contribution in [0.4, 0.5) is 0 Å². The molecule has 1 aliphatic carbocycles. The van der Waals surface area contributed by atoms with Crippen molar-refractivity contribution in [2.45, 2.75) is 59.3 Å². The molecule has 1 aromatic rings. The predicted molar refractivity (Wildman–Crippen MR) is 153 cm³/mol. The maximum absolute atomic E-state index is 10.6. The number of Topliss-reactive ketones (excluding diaryl/α,β-unsaturated/α-hetero) is 1. The van der Waals surface area contributed by atoms with Crippen molar-refractivity contribution in [1.29, 1.82) is 0 Å². The van der Waals surface area contributed by atoms with E-state index < -0.39 is 0 Å². The fourth-order valence-corrected chi connectivity index (χ4v) is 5.27. The third-order valence-electron chi connectivity index (χ3n) is 5.97. The Hall–Kier alpha value is -0.604. The molecule has 0 spiro atoms. The minimum Gasteiger partial charge on any atom is -0.497 e. The van der Waals surface area contributed by atoms with Crippen molar-refractivity contribution >= 4 is 35.4 Å². The summed E-state index contributed by atoms with van der Waals surface area (Å²) in [5.74, 6) is 1.35. The normalized spacial score (nSPS) is 17.1. The summed E-state index contributed by atoms with van der Waals surface area (Å²) in [5.41, 5.74) is 9.05. The van der Waals surface area contributed by atoms with E-state index in [2.05, 4.69) is 56.8 Å². The summed E-state index contributed by atoms with van der Waals surface area (Å²) in [7, 11) is 1.73. The van der Waals surface area contributed by atoms with Crippen LogP contribution in [0.25, 0.3) is 0 Å². The number of ether oxygens (including phenoxy) is 1. The summed E-state index contributed by atoms with van der Waals surface area (Å²) >= 11 is 7.44. The van der Waals surface area contributed by atoms with Crippen LogP contribution >= 0.6 is 23.4 Å². The molecule has 2 rings (SSSR count). The van der Waals surface area contributed by atoms with Crippen LogP contribution in [0.15, 0.2) is 68.7 Å². The third kappa shape index (κ3) is 10.3. The Kier molecular flexibility index (Phi) is 17.5. The van der Waals surface area contributed by atoms with Crippen LogP contribution in [0.5, 0.6) is 5.75 Å². The minimum atomic E-state index is -0.221. The molecule has 0 fully saturated rings. The number of halogens is 1. The van der Waals surface area contributed by atoms with E-state index in [-0.39, 0.29) is 62.6 Å². The topological polar surface area (TPSA) is 64.7 Å². The second-order valence-corrected chi connectivity index (χ2v) is 10.1. The number of nitrogens with zero attached hydrogens (tertiary/aromatic N) is 1. The summed E-state index contributed by atoms with van der Waals surface area (Å²) in [6, 6.07) is 6.49. The van der Waals surface area contributed by atoms with E-state index in [4.69, 9.17) is 22.1 Å². The fraction of sp³-hybridized carbons (Fsp3) is 0.379. The average Bonchev–Trinajstić information content (AvgIpc) is 3.16. The van der Waals surface area contributed by atoms with Crippen LogP contribution in [0.3, 0.4) is 0 Å². The van der Waals surface area contributed by atoms with Gasteiger partial charge < -0.3 is 34.1 Å². The molecular formula is C29H38ClKN2O2S-2. The van der Waals surface area contributed by atoms with Crippen molar-refractivity contribution in [1.82, 2.24) is 0 Å². The molecule has 0 bridgehead atoms. The Bertz CT molecular complexity index is 1010. The molecule has 0 amide bonds. The minimum absolute atomic E-state index is 0. The molecule has 0 heterocycles. The molecule has 4 nitrogen and oxygen atoms in total. The number of aliphatic imine (C=N–C) groups is 1. The number of carbonyl (C=O) groups excluding carboxylic acids is 1. The van der Waals surface area contributed by atoms with Gasteiger partial charge in [0, 0.05) is 10.6 Å². The number of allylic oxidation sites excluding steroid dienone is 4. The Morgan fingerprint density at radius 2 is 2.03 bits per heavy atom. The van der Waals surface area contributed by atoms with Gasteiger partial charge in [-0.25, -0.2) is 0 Å². The molecule has 1 aliphatic rings. The van der Waals surface area contributed by atoms with Gasteiger partial charge in [-0.15, -0.1) is 24.2 Å². The van der Waals surface area contributed by atoms with Crippen LogP contribution in [0.2, 0.25) is 0 Å². The number of fused-ring (bicyclic) bond motifs is 1. The van der Waals surface area contributed by atoms with Gasteiger partial charge in [0.25, 0.3) is 0 Å². The standard InChI is InChI=1S/C16H22O.C13H16ClN2OS.K/c1-5-15-14-9-8-13(17-4)10-12(14)11-16(15,6-2)7-3;1-5-6-12(13(14)11(4)15)18-10(3)8-16-7-9(2)17;/h8-10,15H,2-3,5-7,11H2,1,4H3;5-6,8H,4,15H2,1-3H3;/q-2;-1;+1/b;6-5-,10-8+,13-12-;/t15-;;/m1../s1. The first kappa shape index (κ1) is 35.4. The maximum Gasteiger partial charge on any atom is 1.00 e. The van der Waals surface area contributed by atoms with Gasteiger partial charge in [-0.1, -0.05) is 53.6 Å². The maximum atomic E-state index is 10.6. The van der Waals surface area contributed by atoms with Gasteiger partial charge >= 0.3 is 51.4 Å². The zero-order valence-corrected chi connectivity index (χ0v) is 27.3. The number of benzene rings is 1. The molecule has 1 aromatic carbocycles. The quantitative estimate of drug-likeness (QED) is 0.196. The number of thioether (sulfide) groups is 1. The summed E-state index contributed by atoms with van der Waals surface area (Å²) in [6.07, 6.45) is 11.8. The van der Waals surface area contributed by atoms with Crippen LogP contribution in [-0.2, 0) is 11.2 Å². The van der Waals surface area contributed by atoms with Gasteiger partial charge in [0.05, 0.1) is 17.9 Å². The van der Waals surface area contributed by atoms with Crippen LogP contribution in [0, 0.1) is 19.3 Å². The molecule has 192 valence electrons. The second kappa shape index (κ2) is 17.8. The number of carbonyl (C=O) groups is 1. The second-order valence-electron chi connectivity index (χ2n) is 8.41. The van der Waals surface area contributed by atoms with Crippen molar-refractivity contribution in [2.75, 3.05) is 7.11 Å². The van der Waals surface area contributed by atoms with Crippen molar-refractivity contribution in [3.05, 3.63) is 88.6 Å². The number of nitrogens with two attached hydrogens (primary N) is 1. The molecule has 0 radical (unpaired) electrons. The number of hydrogen-bond donors (Lipinski definition) is 1. The van der Waals surface area contributed by atoms with Crippen molar-refractivity contribution in [3.63, 3.8) is 0 Å². The van der Waals surface area contributed by atoms with Crippen molar-refractivity contribution < 1.29 is 60.9 Å². The summed E-state index contributed by atoms with van der Waals surface area (Å²) in [5, 5.41) is 0.408. The van der Waals surface area contributed by atoms with E-state index in [1.54, 1.807) is 13.3 Å². The van der Waals surface area contributed by atoms with Gasteiger partial charge in [-0.3, -0.25) is 0 Å². The zero-order chi connectivity index (χ0) is 26.6. The van der Waals surface area contributed by atoms with E-state index in [1.165, 1.54) is 36.2 Å². The molecule has 0 aliphatic heterocycles. The molecule has 0 saturated heterocycles. The number of rotatable bonds is 10. The SMILES string of the molecule is C=C(N)/C(Cl)=C(\C=C/C)S/C(C)=C/N=[C-]C(C)=O.[CH2-]CC1(C[CH2-])Cc2cc(OC)ccc2[C@H]1CC.[K+]. The summed E-state index contributed by atoms with van der Waals surface area (Å²) in [6.45, 7) is 19.3. The average molecular weight is 553 g/mol. The molecule has 36 heavy (non-hydrogen) atoms. The number of methoxy groups -OCH3 is 1. The summed E-state index contributed by atoms with van der Waals surface area (Å²) in [4.78, 5) is 16.0. The fourth-order valence-electron chi connectivity index (χ4n) is 4.21. The Morgan fingerprint density at radius 3 is 2.50 bits per heavy atom. The van der Waals surface area contributed by atoms with Gasteiger partial charge in [0.15, 0.2) is 0 Å². The Morgan fingerprint density at radius 1 is 1.39 bits per heavy atom. The zero-order valence-electron chi connectivity index (χ0n) is 22.6. The molecule has 0 saturated carbocycles. The molecule has 2 N–H and O–H groups in total. The van der Waals surface area contributed by atoms with Gasteiger partial charge in [-0.05, 0) is 62.8 Å². The van der Waals surface area contributed by atoms with E-state index in [0.717, 1.165) is 34.8 Å². The summed E-state index contributed by atoms with van der Waals surface area (Å²) < 4.78 is 5.31. The largest absolute Gasteiger partial charge is 1.00 e. The van der Waals surface area contributed by atoms with Crippen LogP contribution in [-0.4, -0.2) is 19.1 Å². The first-order valence-corrected chi connectivity index (χ1v) is 12.8. The van der Waals surface area contributed by atoms with Crippen molar-refractivity contribution in [2.24, 2.45) is 16.1 Å². The number of ketones is 1. The first-order valence-electron chi connectivity index (χ1n) is 11.6. The van der Waals surface area contributed by atoms with E-state index in [9.17, 15) is 4.79 Å². The molecular weight excluding hydrogens is 515 g/mol. The van der Waals surface area contributed by atoms with Gasteiger partial charge in [0.2, 0.25) is 0 Å². The Labute approximate surface area is 270 Å². The van der Waals surface area contributed by atoms with E-state index in [0.29, 0.717) is 16.6 Å². The van der Waals surface area contributed by atoms with Crippen LogP contribution < -0.4 is 61.9 Å². The van der Waals surface area contributed by atoms with E-state index >= 15 is 0 Å².